The van der Waals surface area contributed by atoms with Crippen LogP contribution >= 0.6 is 11.3 Å². The number of aryl methyl sites for hydroxylation is 2. The van der Waals surface area contributed by atoms with E-state index in [0.717, 1.165) is 16.9 Å². The van der Waals surface area contributed by atoms with Gasteiger partial charge in [-0.05, 0) is 37.6 Å². The third-order valence-corrected chi connectivity index (χ3v) is 5.89. The molecule has 0 saturated heterocycles. The minimum Gasteiger partial charge on any atom is -0.292 e. The Hall–Kier alpha value is -1.46. The molecule has 0 aliphatic heterocycles. The van der Waals surface area contributed by atoms with Crippen molar-refractivity contribution < 1.29 is 13.2 Å². The highest BCUT2D eigenvalue weighted by Gasteiger charge is 2.21. The first-order valence-corrected chi connectivity index (χ1v) is 8.80. The SMILES string of the molecule is CCc1ccc(C(=O)CS(=O)(=O)c2ccc(C)cc2)s1. The van der Waals surface area contributed by atoms with Gasteiger partial charge in [-0.1, -0.05) is 24.6 Å². The van der Waals surface area contributed by atoms with Crippen molar-refractivity contribution in [3.63, 3.8) is 0 Å². The van der Waals surface area contributed by atoms with Crippen molar-refractivity contribution in [2.45, 2.75) is 25.2 Å². The summed E-state index contributed by atoms with van der Waals surface area (Å²) in [4.78, 5) is 13.9. The van der Waals surface area contributed by atoms with Gasteiger partial charge in [0.1, 0.15) is 5.75 Å². The second kappa shape index (κ2) is 5.89. The second-order valence-corrected chi connectivity index (χ2v) is 7.77. The standard InChI is InChI=1S/C15H16O3S2/c1-3-12-6-9-15(19-12)14(16)10-20(17,18)13-7-4-11(2)5-8-13/h4-9H,3,10H2,1-2H3. The van der Waals surface area contributed by atoms with E-state index in [9.17, 15) is 13.2 Å². The maximum atomic E-state index is 12.2. The largest absolute Gasteiger partial charge is 0.292 e. The van der Waals surface area contributed by atoms with E-state index < -0.39 is 15.6 Å². The summed E-state index contributed by atoms with van der Waals surface area (Å²) in [5, 5.41) is 0. The molecule has 0 radical (unpaired) electrons. The molecule has 0 saturated carbocycles. The van der Waals surface area contributed by atoms with E-state index in [1.165, 1.54) is 11.3 Å². The van der Waals surface area contributed by atoms with E-state index in [1.807, 2.05) is 19.9 Å². The highest BCUT2D eigenvalue weighted by atomic mass is 32.2. The molecule has 0 fully saturated rings. The van der Waals surface area contributed by atoms with Gasteiger partial charge in [0.05, 0.1) is 9.77 Å². The van der Waals surface area contributed by atoms with Crippen molar-refractivity contribution in [1.29, 1.82) is 0 Å². The van der Waals surface area contributed by atoms with Gasteiger partial charge in [-0.2, -0.15) is 0 Å². The van der Waals surface area contributed by atoms with Gasteiger partial charge in [0.25, 0.3) is 0 Å². The van der Waals surface area contributed by atoms with E-state index in [0.29, 0.717) is 4.88 Å². The molecule has 2 aromatic rings. The zero-order valence-corrected chi connectivity index (χ0v) is 13.1. The number of rotatable bonds is 5. The van der Waals surface area contributed by atoms with Crippen LogP contribution in [0.5, 0.6) is 0 Å². The Bertz CT molecular complexity index is 710. The molecule has 0 bridgehead atoms. The van der Waals surface area contributed by atoms with Crippen LogP contribution in [-0.2, 0) is 16.3 Å². The molecule has 0 aliphatic rings. The molecule has 3 nitrogen and oxygen atoms in total. The van der Waals surface area contributed by atoms with Crippen LogP contribution in [0.4, 0.5) is 0 Å². The van der Waals surface area contributed by atoms with Gasteiger partial charge in [0.2, 0.25) is 0 Å². The van der Waals surface area contributed by atoms with Crippen molar-refractivity contribution in [3.05, 3.63) is 51.7 Å². The van der Waals surface area contributed by atoms with Crippen molar-refractivity contribution in [2.24, 2.45) is 0 Å². The maximum absolute atomic E-state index is 12.2. The van der Waals surface area contributed by atoms with E-state index in [4.69, 9.17) is 0 Å². The van der Waals surface area contributed by atoms with Gasteiger partial charge >= 0.3 is 0 Å². The molecule has 0 N–H and O–H groups in total. The molecule has 0 amide bonds. The highest BCUT2D eigenvalue weighted by Crippen LogP contribution is 2.20. The Morgan fingerprint density at radius 2 is 1.75 bits per heavy atom. The normalized spacial score (nSPS) is 11.5. The van der Waals surface area contributed by atoms with Gasteiger partial charge in [-0.25, -0.2) is 8.42 Å². The van der Waals surface area contributed by atoms with Crippen molar-refractivity contribution in [3.8, 4) is 0 Å². The first-order valence-electron chi connectivity index (χ1n) is 6.33. The number of hydrogen-bond acceptors (Lipinski definition) is 4. The number of thiophene rings is 1. The molecular formula is C15H16O3S2. The number of hydrogen-bond donors (Lipinski definition) is 0. The summed E-state index contributed by atoms with van der Waals surface area (Å²) >= 11 is 1.37. The molecule has 0 unspecified atom stereocenters. The topological polar surface area (TPSA) is 51.2 Å². The van der Waals surface area contributed by atoms with Gasteiger partial charge in [0.15, 0.2) is 15.6 Å². The molecule has 2 rings (SSSR count). The van der Waals surface area contributed by atoms with Crippen molar-refractivity contribution >= 4 is 27.0 Å². The lowest BCUT2D eigenvalue weighted by Crippen LogP contribution is -2.15. The van der Waals surface area contributed by atoms with E-state index in [-0.39, 0.29) is 10.7 Å². The fraction of sp³-hybridized carbons (Fsp3) is 0.267. The first kappa shape index (κ1) is 14.9. The fourth-order valence-electron chi connectivity index (χ4n) is 1.79. The van der Waals surface area contributed by atoms with Gasteiger partial charge in [0, 0.05) is 4.88 Å². The van der Waals surface area contributed by atoms with Crippen LogP contribution in [0.15, 0.2) is 41.3 Å². The summed E-state index contributed by atoms with van der Waals surface area (Å²) in [6, 6.07) is 10.1. The lowest BCUT2D eigenvalue weighted by molar-refractivity contribution is 0.102. The molecule has 20 heavy (non-hydrogen) atoms. The summed E-state index contributed by atoms with van der Waals surface area (Å²) in [6.45, 7) is 3.89. The molecule has 1 aromatic heterocycles. The van der Waals surface area contributed by atoms with Crippen LogP contribution in [0, 0.1) is 6.92 Å². The number of sulfone groups is 1. The zero-order valence-electron chi connectivity index (χ0n) is 11.4. The minimum atomic E-state index is -3.56. The monoisotopic (exact) mass is 308 g/mol. The Balaban J connectivity index is 2.19. The first-order chi connectivity index (χ1) is 9.42. The number of benzene rings is 1. The predicted octanol–water partition coefficient (Wildman–Crippen LogP) is 3.28. The third kappa shape index (κ3) is 3.35. The number of carbonyl (C=O) groups is 1. The smallest absolute Gasteiger partial charge is 0.188 e. The molecule has 1 aromatic carbocycles. The highest BCUT2D eigenvalue weighted by molar-refractivity contribution is 7.92. The minimum absolute atomic E-state index is 0.198. The van der Waals surface area contributed by atoms with E-state index in [2.05, 4.69) is 0 Å². The molecule has 0 atom stereocenters. The molecule has 0 spiro atoms. The third-order valence-electron chi connectivity index (χ3n) is 2.99. The van der Waals surface area contributed by atoms with Crippen LogP contribution in [-0.4, -0.2) is 20.0 Å². The van der Waals surface area contributed by atoms with Crippen LogP contribution in [0.25, 0.3) is 0 Å². The molecule has 106 valence electrons. The average Bonchev–Trinajstić information content (AvgIpc) is 2.87. The molecular weight excluding hydrogens is 292 g/mol. The number of carbonyl (C=O) groups excluding carboxylic acids is 1. The van der Waals surface area contributed by atoms with Gasteiger partial charge < -0.3 is 0 Å². The lowest BCUT2D eigenvalue weighted by atomic mass is 10.2. The van der Waals surface area contributed by atoms with Crippen molar-refractivity contribution in [2.75, 3.05) is 5.75 Å². The zero-order chi connectivity index (χ0) is 14.8. The Morgan fingerprint density at radius 1 is 1.10 bits per heavy atom. The van der Waals surface area contributed by atoms with Crippen LogP contribution < -0.4 is 0 Å². The summed E-state index contributed by atoms with van der Waals surface area (Å²) in [5.74, 6) is -0.810. The van der Waals surface area contributed by atoms with Crippen LogP contribution in [0.3, 0.4) is 0 Å². The molecule has 5 heteroatoms. The predicted molar refractivity (Wildman–Crippen MR) is 81.3 cm³/mol. The number of Topliss-reactive ketones (excluding diaryl/α,β-unsaturated/α-hetero) is 1. The Kier molecular flexibility index (Phi) is 4.40. The Labute approximate surface area is 123 Å². The van der Waals surface area contributed by atoms with Crippen molar-refractivity contribution in [1.82, 2.24) is 0 Å². The second-order valence-electron chi connectivity index (χ2n) is 4.61. The lowest BCUT2D eigenvalue weighted by Gasteiger charge is -2.03. The fourth-order valence-corrected chi connectivity index (χ4v) is 3.98. The quantitative estimate of drug-likeness (QED) is 0.797. The van der Waals surface area contributed by atoms with Crippen LogP contribution in [0.1, 0.15) is 27.0 Å². The summed E-state index contributed by atoms with van der Waals surface area (Å²) in [7, 11) is -3.56. The average molecular weight is 308 g/mol. The summed E-state index contributed by atoms with van der Waals surface area (Å²) in [5.41, 5.74) is 0.987. The molecule has 0 aliphatic carbocycles. The summed E-state index contributed by atoms with van der Waals surface area (Å²) < 4.78 is 24.4. The van der Waals surface area contributed by atoms with E-state index >= 15 is 0 Å². The van der Waals surface area contributed by atoms with Crippen LogP contribution in [0.2, 0.25) is 0 Å². The number of ketones is 1. The molecule has 1 heterocycles. The van der Waals surface area contributed by atoms with E-state index in [1.54, 1.807) is 30.3 Å². The Morgan fingerprint density at radius 3 is 2.30 bits per heavy atom. The maximum Gasteiger partial charge on any atom is 0.188 e. The summed E-state index contributed by atoms with van der Waals surface area (Å²) in [6.07, 6.45) is 0.850. The van der Waals surface area contributed by atoms with Gasteiger partial charge in [-0.15, -0.1) is 11.3 Å². The van der Waals surface area contributed by atoms with Gasteiger partial charge in [-0.3, -0.25) is 4.79 Å².